The molecule has 4 rings (SSSR count). The van der Waals surface area contributed by atoms with Crippen molar-refractivity contribution < 1.29 is 12.8 Å². The molecule has 3 aromatic rings. The van der Waals surface area contributed by atoms with E-state index in [0.29, 0.717) is 31.7 Å². The predicted molar refractivity (Wildman–Crippen MR) is 110 cm³/mol. The lowest BCUT2D eigenvalue weighted by Gasteiger charge is -2.30. The summed E-state index contributed by atoms with van der Waals surface area (Å²) >= 11 is 0. The number of nitrogens with zero attached hydrogens (tertiary/aromatic N) is 5. The van der Waals surface area contributed by atoms with Crippen LogP contribution in [0, 0.1) is 12.7 Å². The standard InChI is InChI=1S/C20H23FN6O2S/c1-14-9-17(25-19-4-3-16(21)11-22-19)10-18(24-14)15-5-7-27(8-6-15)30(28,29)20-12-26(2)13-23-20/h3-4,9-13,15H,5-8H2,1-2H3,(H,22,24,25). The molecule has 1 aliphatic rings. The second-order valence-electron chi connectivity index (χ2n) is 7.46. The van der Waals surface area contributed by atoms with E-state index in [4.69, 9.17) is 0 Å². The van der Waals surface area contributed by atoms with Crippen molar-refractivity contribution in [3.63, 3.8) is 0 Å². The number of nitrogens with one attached hydrogen (secondary N) is 1. The van der Waals surface area contributed by atoms with E-state index >= 15 is 0 Å². The molecule has 0 atom stereocenters. The summed E-state index contributed by atoms with van der Waals surface area (Å²) in [5.74, 6) is 0.311. The van der Waals surface area contributed by atoms with Crippen molar-refractivity contribution in [3.8, 4) is 0 Å². The minimum Gasteiger partial charge on any atom is -0.340 e. The summed E-state index contributed by atoms with van der Waals surface area (Å²) < 4.78 is 41.7. The molecule has 1 aliphatic heterocycles. The van der Waals surface area contributed by atoms with Crippen LogP contribution in [0.5, 0.6) is 0 Å². The predicted octanol–water partition coefficient (Wildman–Crippen LogP) is 2.97. The fourth-order valence-electron chi connectivity index (χ4n) is 3.62. The molecule has 1 saturated heterocycles. The monoisotopic (exact) mass is 430 g/mol. The Kier molecular flexibility index (Phi) is 5.52. The lowest BCUT2D eigenvalue weighted by molar-refractivity contribution is 0.316. The van der Waals surface area contributed by atoms with Gasteiger partial charge in [0.2, 0.25) is 0 Å². The van der Waals surface area contributed by atoms with Gasteiger partial charge in [-0.1, -0.05) is 0 Å². The lowest BCUT2D eigenvalue weighted by Crippen LogP contribution is -2.38. The number of sulfonamides is 1. The zero-order chi connectivity index (χ0) is 21.3. The normalized spacial score (nSPS) is 16.0. The molecule has 30 heavy (non-hydrogen) atoms. The second kappa shape index (κ2) is 8.11. The number of anilines is 2. The molecule has 0 radical (unpaired) electrons. The molecule has 0 spiro atoms. The van der Waals surface area contributed by atoms with Gasteiger partial charge in [-0.15, -0.1) is 0 Å². The maximum atomic E-state index is 13.1. The fourth-order valence-corrected chi connectivity index (χ4v) is 5.06. The molecular weight excluding hydrogens is 407 g/mol. The number of aryl methyl sites for hydroxylation is 2. The zero-order valence-electron chi connectivity index (χ0n) is 16.8. The molecule has 0 aliphatic carbocycles. The van der Waals surface area contributed by atoms with Crippen molar-refractivity contribution >= 4 is 21.5 Å². The summed E-state index contributed by atoms with van der Waals surface area (Å²) in [5.41, 5.74) is 2.58. The van der Waals surface area contributed by atoms with Crippen LogP contribution < -0.4 is 5.32 Å². The molecule has 10 heteroatoms. The number of imidazole rings is 1. The Morgan fingerprint density at radius 1 is 1.17 bits per heavy atom. The van der Waals surface area contributed by atoms with Crippen molar-refractivity contribution in [2.75, 3.05) is 18.4 Å². The second-order valence-corrected chi connectivity index (χ2v) is 9.35. The number of piperidine rings is 1. The molecule has 8 nitrogen and oxygen atoms in total. The molecule has 0 saturated carbocycles. The number of pyridine rings is 2. The van der Waals surface area contributed by atoms with Crippen molar-refractivity contribution in [1.29, 1.82) is 0 Å². The first-order chi connectivity index (χ1) is 14.3. The van der Waals surface area contributed by atoms with Crippen molar-refractivity contribution in [2.45, 2.75) is 30.7 Å². The van der Waals surface area contributed by atoms with E-state index in [1.807, 2.05) is 19.1 Å². The van der Waals surface area contributed by atoms with Crippen LogP contribution in [0.2, 0.25) is 0 Å². The van der Waals surface area contributed by atoms with Gasteiger partial charge in [0.15, 0.2) is 5.03 Å². The van der Waals surface area contributed by atoms with E-state index in [9.17, 15) is 12.8 Å². The van der Waals surface area contributed by atoms with E-state index in [2.05, 4.69) is 20.3 Å². The summed E-state index contributed by atoms with van der Waals surface area (Å²) in [6.07, 6.45) is 5.52. The summed E-state index contributed by atoms with van der Waals surface area (Å²) in [4.78, 5) is 12.7. The van der Waals surface area contributed by atoms with Gasteiger partial charge in [0, 0.05) is 49.3 Å². The Bertz CT molecular complexity index is 1140. The van der Waals surface area contributed by atoms with Gasteiger partial charge in [0.25, 0.3) is 10.0 Å². The maximum absolute atomic E-state index is 13.1. The highest BCUT2D eigenvalue weighted by Gasteiger charge is 2.32. The number of aromatic nitrogens is 4. The number of halogens is 1. The first-order valence-electron chi connectivity index (χ1n) is 9.66. The van der Waals surface area contributed by atoms with Gasteiger partial charge < -0.3 is 9.88 Å². The van der Waals surface area contributed by atoms with Crippen LogP contribution in [0.4, 0.5) is 15.9 Å². The highest BCUT2D eigenvalue weighted by Crippen LogP contribution is 2.31. The molecule has 4 heterocycles. The molecule has 0 unspecified atom stereocenters. The van der Waals surface area contributed by atoms with Crippen molar-refractivity contribution in [3.05, 3.63) is 60.2 Å². The van der Waals surface area contributed by atoms with Gasteiger partial charge in [0.05, 0.1) is 12.5 Å². The van der Waals surface area contributed by atoms with Crippen LogP contribution in [0.1, 0.15) is 30.1 Å². The van der Waals surface area contributed by atoms with Gasteiger partial charge in [0.1, 0.15) is 11.6 Å². The van der Waals surface area contributed by atoms with Gasteiger partial charge in [-0.05, 0) is 44.0 Å². The maximum Gasteiger partial charge on any atom is 0.262 e. The topological polar surface area (TPSA) is 93.0 Å². The Morgan fingerprint density at radius 3 is 2.57 bits per heavy atom. The summed E-state index contributed by atoms with van der Waals surface area (Å²) in [6.45, 7) is 2.75. The van der Waals surface area contributed by atoms with Crippen molar-refractivity contribution in [2.24, 2.45) is 7.05 Å². The average molecular weight is 431 g/mol. The molecule has 1 N–H and O–H groups in total. The van der Waals surface area contributed by atoms with Crippen LogP contribution >= 0.6 is 0 Å². The quantitative estimate of drug-likeness (QED) is 0.669. The third kappa shape index (κ3) is 4.34. The van der Waals surface area contributed by atoms with Gasteiger partial charge >= 0.3 is 0 Å². The summed E-state index contributed by atoms with van der Waals surface area (Å²) in [6, 6.07) is 6.77. The lowest BCUT2D eigenvalue weighted by atomic mass is 9.93. The van der Waals surface area contributed by atoms with Crippen LogP contribution in [0.3, 0.4) is 0 Å². The van der Waals surface area contributed by atoms with Gasteiger partial charge in [-0.25, -0.2) is 22.8 Å². The average Bonchev–Trinajstić information content (AvgIpc) is 3.17. The van der Waals surface area contributed by atoms with E-state index in [1.165, 1.54) is 22.9 Å². The summed E-state index contributed by atoms with van der Waals surface area (Å²) in [5, 5.41) is 3.25. The van der Waals surface area contributed by atoms with Crippen LogP contribution in [-0.4, -0.2) is 45.3 Å². The minimum absolute atomic E-state index is 0.0791. The first kappa shape index (κ1) is 20.4. The van der Waals surface area contributed by atoms with E-state index in [-0.39, 0.29) is 16.8 Å². The van der Waals surface area contributed by atoms with Crippen LogP contribution in [0.25, 0.3) is 0 Å². The molecular formula is C20H23FN6O2S. The fraction of sp³-hybridized carbons (Fsp3) is 0.350. The van der Waals surface area contributed by atoms with E-state index in [0.717, 1.165) is 23.3 Å². The molecule has 0 bridgehead atoms. The number of hydrogen-bond donors (Lipinski definition) is 1. The van der Waals surface area contributed by atoms with Crippen molar-refractivity contribution in [1.82, 2.24) is 23.8 Å². The van der Waals surface area contributed by atoms with Crippen LogP contribution in [-0.2, 0) is 17.1 Å². The molecule has 158 valence electrons. The smallest absolute Gasteiger partial charge is 0.262 e. The number of hydrogen-bond acceptors (Lipinski definition) is 6. The van der Waals surface area contributed by atoms with E-state index in [1.54, 1.807) is 17.7 Å². The minimum atomic E-state index is -3.58. The third-order valence-corrected chi connectivity index (χ3v) is 6.92. The Labute approximate surface area is 174 Å². The molecule has 0 amide bonds. The molecule has 1 fully saturated rings. The Balaban J connectivity index is 1.47. The summed E-state index contributed by atoms with van der Waals surface area (Å²) in [7, 11) is -1.83. The Hall–Kier alpha value is -2.85. The third-order valence-electron chi connectivity index (χ3n) is 5.13. The number of rotatable bonds is 5. The largest absolute Gasteiger partial charge is 0.340 e. The molecule has 0 aromatic carbocycles. The van der Waals surface area contributed by atoms with E-state index < -0.39 is 10.0 Å². The SMILES string of the molecule is Cc1cc(Nc2ccc(F)cn2)cc(C2CCN(S(=O)(=O)c3cn(C)cn3)CC2)n1. The zero-order valence-corrected chi connectivity index (χ0v) is 17.6. The molecule has 3 aromatic heterocycles. The Morgan fingerprint density at radius 2 is 1.93 bits per heavy atom. The first-order valence-corrected chi connectivity index (χ1v) is 11.1. The van der Waals surface area contributed by atoms with Gasteiger partial charge in [-0.2, -0.15) is 4.31 Å². The van der Waals surface area contributed by atoms with Crippen LogP contribution in [0.15, 0.2) is 48.0 Å². The van der Waals surface area contributed by atoms with Gasteiger partial charge in [-0.3, -0.25) is 4.98 Å². The highest BCUT2D eigenvalue weighted by atomic mass is 32.2. The highest BCUT2D eigenvalue weighted by molar-refractivity contribution is 7.89.